The van der Waals surface area contributed by atoms with E-state index in [0.717, 1.165) is 16.8 Å². The van der Waals surface area contributed by atoms with Gasteiger partial charge in [0.15, 0.2) is 11.0 Å². The molecule has 3 aromatic rings. The molecule has 0 aliphatic rings. The predicted octanol–water partition coefficient (Wildman–Crippen LogP) is 3.43. The van der Waals surface area contributed by atoms with Gasteiger partial charge in [-0.1, -0.05) is 42.1 Å². The van der Waals surface area contributed by atoms with Crippen LogP contribution in [0, 0.1) is 19.7 Å². The Morgan fingerprint density at radius 2 is 1.77 bits per heavy atom. The van der Waals surface area contributed by atoms with Crippen molar-refractivity contribution in [3.8, 4) is 11.4 Å². The van der Waals surface area contributed by atoms with Crippen LogP contribution in [0.3, 0.4) is 0 Å². The Morgan fingerprint density at radius 3 is 2.45 bits per heavy atom. The highest BCUT2D eigenvalue weighted by Gasteiger charge is 2.18. The van der Waals surface area contributed by atoms with Gasteiger partial charge >= 0.3 is 0 Å². The summed E-state index contributed by atoms with van der Waals surface area (Å²) < 4.78 is 15.7. The Morgan fingerprint density at radius 1 is 1.10 bits per heavy atom. The van der Waals surface area contributed by atoms with Crippen LogP contribution in [-0.4, -0.2) is 50.8 Å². The third-order valence-corrected chi connectivity index (χ3v) is 5.83. The van der Waals surface area contributed by atoms with E-state index in [9.17, 15) is 14.0 Å². The van der Waals surface area contributed by atoms with Crippen molar-refractivity contribution >= 4 is 29.3 Å². The number of aromatic nitrogens is 3. The number of hydrogen-bond donors (Lipinski definition) is 1. The summed E-state index contributed by atoms with van der Waals surface area (Å²) in [5.41, 5.74) is 3.04. The fraction of sp³-hybridized carbons (Fsp3) is 0.273. The number of anilines is 1. The highest BCUT2D eigenvalue weighted by atomic mass is 32.2. The highest BCUT2D eigenvalue weighted by molar-refractivity contribution is 7.99. The third-order valence-electron chi connectivity index (χ3n) is 4.83. The summed E-state index contributed by atoms with van der Waals surface area (Å²) in [6.45, 7) is 3.78. The first-order valence-corrected chi connectivity index (χ1v) is 10.6. The monoisotopic (exact) mass is 441 g/mol. The second-order valence-corrected chi connectivity index (χ2v) is 8.14. The van der Waals surface area contributed by atoms with Gasteiger partial charge in [-0.2, -0.15) is 0 Å². The van der Waals surface area contributed by atoms with Gasteiger partial charge in [0.2, 0.25) is 11.8 Å². The SMILES string of the molecule is Cc1cccc(C)c1NC(=O)CN(C)C(=O)CSc1nnc(-c2ccccc2F)n1C. The van der Waals surface area contributed by atoms with Crippen LogP contribution in [0.4, 0.5) is 10.1 Å². The van der Waals surface area contributed by atoms with Crippen molar-refractivity contribution in [3.63, 3.8) is 0 Å². The molecule has 0 saturated heterocycles. The van der Waals surface area contributed by atoms with Crippen molar-refractivity contribution in [3.05, 3.63) is 59.4 Å². The van der Waals surface area contributed by atoms with Gasteiger partial charge in [0.25, 0.3) is 0 Å². The van der Waals surface area contributed by atoms with Crippen molar-refractivity contribution in [2.45, 2.75) is 19.0 Å². The summed E-state index contributed by atoms with van der Waals surface area (Å²) in [7, 11) is 3.30. The maximum absolute atomic E-state index is 14.0. The zero-order valence-corrected chi connectivity index (χ0v) is 18.7. The van der Waals surface area contributed by atoms with Crippen LogP contribution in [0.25, 0.3) is 11.4 Å². The second kappa shape index (κ2) is 9.74. The molecule has 0 unspecified atom stereocenters. The number of halogens is 1. The number of thioether (sulfide) groups is 1. The summed E-state index contributed by atoms with van der Waals surface area (Å²) in [6.07, 6.45) is 0. The van der Waals surface area contributed by atoms with Crippen molar-refractivity contribution in [1.29, 1.82) is 0 Å². The smallest absolute Gasteiger partial charge is 0.243 e. The molecule has 0 spiro atoms. The van der Waals surface area contributed by atoms with Gasteiger partial charge in [-0.3, -0.25) is 9.59 Å². The van der Waals surface area contributed by atoms with Gasteiger partial charge in [0.05, 0.1) is 17.9 Å². The molecule has 2 amide bonds. The molecule has 31 heavy (non-hydrogen) atoms. The number of para-hydroxylation sites is 1. The summed E-state index contributed by atoms with van der Waals surface area (Å²) in [4.78, 5) is 26.2. The van der Waals surface area contributed by atoms with E-state index in [4.69, 9.17) is 0 Å². The number of hydrogen-bond acceptors (Lipinski definition) is 5. The standard InChI is InChI=1S/C22H24FN5O2S/c1-14-8-7-9-15(2)20(14)24-18(29)12-27(3)19(30)13-31-22-26-25-21(28(22)4)16-10-5-6-11-17(16)23/h5-11H,12-13H2,1-4H3,(H,24,29). The quantitative estimate of drug-likeness (QED) is 0.568. The van der Waals surface area contributed by atoms with Crippen LogP contribution in [0.15, 0.2) is 47.6 Å². The van der Waals surface area contributed by atoms with E-state index in [0.29, 0.717) is 16.5 Å². The number of carbonyl (C=O) groups excluding carboxylic acids is 2. The van der Waals surface area contributed by atoms with E-state index < -0.39 is 0 Å². The number of carbonyl (C=O) groups is 2. The number of rotatable bonds is 7. The number of nitrogens with one attached hydrogen (secondary N) is 1. The minimum absolute atomic E-state index is 0.0630. The van der Waals surface area contributed by atoms with Gasteiger partial charge < -0.3 is 14.8 Å². The molecule has 1 aromatic heterocycles. The molecule has 7 nitrogen and oxygen atoms in total. The van der Waals surface area contributed by atoms with E-state index in [1.807, 2.05) is 32.0 Å². The lowest BCUT2D eigenvalue weighted by molar-refractivity contribution is -0.131. The highest BCUT2D eigenvalue weighted by Crippen LogP contribution is 2.24. The summed E-state index contributed by atoms with van der Waals surface area (Å²) in [6, 6.07) is 12.1. The molecule has 1 N–H and O–H groups in total. The van der Waals surface area contributed by atoms with E-state index >= 15 is 0 Å². The van der Waals surface area contributed by atoms with Crippen molar-refractivity contribution in [2.24, 2.45) is 7.05 Å². The topological polar surface area (TPSA) is 80.1 Å². The molecule has 162 valence electrons. The molecule has 0 atom stereocenters. The normalized spacial score (nSPS) is 10.7. The number of aryl methyl sites for hydroxylation is 2. The molecule has 2 aromatic carbocycles. The van der Waals surface area contributed by atoms with Crippen LogP contribution < -0.4 is 5.32 Å². The zero-order chi connectivity index (χ0) is 22.5. The number of amides is 2. The number of benzene rings is 2. The first kappa shape index (κ1) is 22.5. The Bertz CT molecular complexity index is 1090. The lowest BCUT2D eigenvalue weighted by Crippen LogP contribution is -2.36. The van der Waals surface area contributed by atoms with Crippen LogP contribution in [0.2, 0.25) is 0 Å². The third kappa shape index (κ3) is 5.29. The summed E-state index contributed by atoms with van der Waals surface area (Å²) in [5.74, 6) is -0.415. The molecular formula is C22H24FN5O2S. The second-order valence-electron chi connectivity index (χ2n) is 7.20. The maximum atomic E-state index is 14.0. The molecule has 0 bridgehead atoms. The Hall–Kier alpha value is -3.20. The lowest BCUT2D eigenvalue weighted by atomic mass is 10.1. The van der Waals surface area contributed by atoms with Gasteiger partial charge in [-0.05, 0) is 37.1 Å². The predicted molar refractivity (Wildman–Crippen MR) is 119 cm³/mol. The van der Waals surface area contributed by atoms with E-state index in [1.54, 1.807) is 36.9 Å². The average molecular weight is 442 g/mol. The minimum Gasteiger partial charge on any atom is -0.336 e. The fourth-order valence-electron chi connectivity index (χ4n) is 3.05. The Balaban J connectivity index is 1.57. The number of nitrogens with zero attached hydrogens (tertiary/aromatic N) is 4. The Labute approximate surface area is 184 Å². The van der Waals surface area contributed by atoms with E-state index in [1.165, 1.54) is 22.7 Å². The summed E-state index contributed by atoms with van der Waals surface area (Å²) in [5, 5.41) is 11.5. The Kier molecular flexibility index (Phi) is 7.06. The van der Waals surface area contributed by atoms with Crippen LogP contribution in [0.1, 0.15) is 11.1 Å². The van der Waals surface area contributed by atoms with Gasteiger partial charge in [0.1, 0.15) is 5.82 Å². The van der Waals surface area contributed by atoms with Crippen molar-refractivity contribution < 1.29 is 14.0 Å². The molecule has 3 rings (SSSR count). The van der Waals surface area contributed by atoms with E-state index in [-0.39, 0.29) is 29.9 Å². The van der Waals surface area contributed by atoms with Gasteiger partial charge in [-0.15, -0.1) is 10.2 Å². The molecule has 0 radical (unpaired) electrons. The van der Waals surface area contributed by atoms with Crippen molar-refractivity contribution in [2.75, 3.05) is 24.7 Å². The molecule has 9 heteroatoms. The maximum Gasteiger partial charge on any atom is 0.243 e. The van der Waals surface area contributed by atoms with Crippen molar-refractivity contribution in [1.82, 2.24) is 19.7 Å². The van der Waals surface area contributed by atoms with E-state index in [2.05, 4.69) is 15.5 Å². The lowest BCUT2D eigenvalue weighted by Gasteiger charge is -2.18. The van der Waals surface area contributed by atoms with Crippen LogP contribution in [0.5, 0.6) is 0 Å². The minimum atomic E-state index is -0.389. The van der Waals surface area contributed by atoms with Crippen LogP contribution in [-0.2, 0) is 16.6 Å². The zero-order valence-electron chi connectivity index (χ0n) is 17.8. The molecule has 0 aliphatic carbocycles. The molecular weight excluding hydrogens is 417 g/mol. The number of likely N-dealkylation sites (N-methyl/N-ethyl adjacent to an activating group) is 1. The largest absolute Gasteiger partial charge is 0.336 e. The average Bonchev–Trinajstić information content (AvgIpc) is 3.09. The molecule has 0 fully saturated rings. The molecule has 1 heterocycles. The summed E-state index contributed by atoms with van der Waals surface area (Å²) >= 11 is 1.18. The molecule has 0 saturated carbocycles. The first-order valence-electron chi connectivity index (χ1n) is 9.65. The van der Waals surface area contributed by atoms with Gasteiger partial charge in [0, 0.05) is 19.8 Å². The molecule has 0 aliphatic heterocycles. The first-order chi connectivity index (χ1) is 14.8. The van der Waals surface area contributed by atoms with Gasteiger partial charge in [-0.25, -0.2) is 4.39 Å². The fourth-order valence-corrected chi connectivity index (χ4v) is 3.90. The van der Waals surface area contributed by atoms with Crippen LogP contribution >= 0.6 is 11.8 Å².